The highest BCUT2D eigenvalue weighted by molar-refractivity contribution is 7.16. The molecule has 1 aromatic carbocycles. The van der Waals surface area contributed by atoms with Gasteiger partial charge in [-0.15, -0.1) is 11.3 Å². The number of rotatable bonds is 8. The van der Waals surface area contributed by atoms with Crippen LogP contribution in [0.4, 0.5) is 4.39 Å². The minimum atomic E-state index is -1.12. The number of hydrogen-bond acceptors (Lipinski definition) is 5. The van der Waals surface area contributed by atoms with E-state index >= 15 is 0 Å². The lowest BCUT2D eigenvalue weighted by Gasteiger charge is -2.16. The van der Waals surface area contributed by atoms with Gasteiger partial charge in [0.1, 0.15) is 21.7 Å². The molecule has 0 saturated carbocycles. The summed E-state index contributed by atoms with van der Waals surface area (Å²) in [5.74, 6) is -2.62. The number of carboxylic acids is 1. The molecule has 0 radical (unpaired) electrons. The summed E-state index contributed by atoms with van der Waals surface area (Å²) in [6, 6.07) is 5.08. The summed E-state index contributed by atoms with van der Waals surface area (Å²) >= 11 is 0.998. The van der Waals surface area contributed by atoms with Gasteiger partial charge in [0.15, 0.2) is 0 Å². The number of carbonyl (C=O) groups excluding carboxylic acids is 2. The molecule has 0 bridgehead atoms. The van der Waals surface area contributed by atoms with Gasteiger partial charge in [0, 0.05) is 5.56 Å². The van der Waals surface area contributed by atoms with Crippen molar-refractivity contribution in [3.05, 3.63) is 41.2 Å². The minimum Gasteiger partial charge on any atom is -0.480 e. The SMILES string of the molecule is CC(C)C[C@H](NC(=O)CNC(=O)c1cnc(-c2ccccc2F)s1)C(=O)O. The van der Waals surface area contributed by atoms with Crippen LogP contribution in [0, 0.1) is 11.7 Å². The fourth-order valence-corrected chi connectivity index (χ4v) is 3.18. The Balaban J connectivity index is 1.93. The van der Waals surface area contributed by atoms with Gasteiger partial charge in [0.2, 0.25) is 5.91 Å². The second-order valence-corrected chi connectivity index (χ2v) is 7.31. The highest BCUT2D eigenvalue weighted by atomic mass is 32.1. The smallest absolute Gasteiger partial charge is 0.326 e. The lowest BCUT2D eigenvalue weighted by molar-refractivity contribution is -0.142. The van der Waals surface area contributed by atoms with E-state index in [1.54, 1.807) is 18.2 Å². The van der Waals surface area contributed by atoms with E-state index in [2.05, 4.69) is 15.6 Å². The van der Waals surface area contributed by atoms with Gasteiger partial charge in [-0.25, -0.2) is 14.2 Å². The molecule has 1 atom stereocenters. The van der Waals surface area contributed by atoms with Crippen molar-refractivity contribution in [1.82, 2.24) is 15.6 Å². The minimum absolute atomic E-state index is 0.0926. The number of nitrogens with one attached hydrogen (secondary N) is 2. The fraction of sp³-hybridized carbons (Fsp3) is 0.333. The van der Waals surface area contributed by atoms with Crippen molar-refractivity contribution in [2.24, 2.45) is 5.92 Å². The predicted octanol–water partition coefficient (Wildman–Crippen LogP) is 2.29. The first kappa shape index (κ1) is 20.5. The van der Waals surface area contributed by atoms with E-state index in [1.165, 1.54) is 12.3 Å². The second-order valence-electron chi connectivity index (χ2n) is 6.28. The number of halogens is 1. The first-order valence-corrected chi connectivity index (χ1v) is 9.10. The quantitative estimate of drug-likeness (QED) is 0.638. The highest BCUT2D eigenvalue weighted by Crippen LogP contribution is 2.27. The topological polar surface area (TPSA) is 108 Å². The normalized spacial score (nSPS) is 11.9. The van der Waals surface area contributed by atoms with Crippen molar-refractivity contribution < 1.29 is 23.9 Å². The fourth-order valence-electron chi connectivity index (χ4n) is 2.32. The van der Waals surface area contributed by atoms with Gasteiger partial charge in [-0.3, -0.25) is 9.59 Å². The Bertz CT molecular complexity index is 838. The molecule has 7 nitrogen and oxygen atoms in total. The molecule has 0 aliphatic heterocycles. The third kappa shape index (κ3) is 5.85. The number of carbonyl (C=O) groups is 3. The van der Waals surface area contributed by atoms with Crippen LogP contribution in [0.15, 0.2) is 30.5 Å². The van der Waals surface area contributed by atoms with Gasteiger partial charge < -0.3 is 15.7 Å². The molecule has 0 saturated heterocycles. The number of nitrogens with zero attached hydrogens (tertiary/aromatic N) is 1. The van der Waals surface area contributed by atoms with Crippen LogP contribution >= 0.6 is 11.3 Å². The molecule has 144 valence electrons. The largest absolute Gasteiger partial charge is 0.480 e. The number of aliphatic carboxylic acids is 1. The lowest BCUT2D eigenvalue weighted by atomic mass is 10.0. The summed E-state index contributed by atoms with van der Waals surface area (Å²) in [6.45, 7) is 3.33. The molecule has 9 heteroatoms. The van der Waals surface area contributed by atoms with Crippen LogP contribution in [0.5, 0.6) is 0 Å². The first-order chi connectivity index (χ1) is 12.8. The average Bonchev–Trinajstić information content (AvgIpc) is 3.09. The molecule has 0 unspecified atom stereocenters. The molecule has 27 heavy (non-hydrogen) atoms. The van der Waals surface area contributed by atoms with Crippen LogP contribution in [0.3, 0.4) is 0 Å². The van der Waals surface area contributed by atoms with E-state index in [1.807, 2.05) is 13.8 Å². The van der Waals surface area contributed by atoms with E-state index < -0.39 is 29.6 Å². The third-order valence-corrected chi connectivity index (χ3v) is 4.61. The Morgan fingerprint density at radius 1 is 1.26 bits per heavy atom. The Morgan fingerprint density at radius 2 is 1.96 bits per heavy atom. The van der Waals surface area contributed by atoms with Crippen LogP contribution in [0.2, 0.25) is 0 Å². The van der Waals surface area contributed by atoms with E-state index in [9.17, 15) is 18.8 Å². The number of benzene rings is 1. The van der Waals surface area contributed by atoms with Gasteiger partial charge in [0.05, 0.1) is 12.7 Å². The van der Waals surface area contributed by atoms with E-state index in [4.69, 9.17) is 5.11 Å². The number of thiazole rings is 1. The van der Waals surface area contributed by atoms with Gasteiger partial charge in [-0.1, -0.05) is 26.0 Å². The lowest BCUT2D eigenvalue weighted by Crippen LogP contribution is -2.46. The predicted molar refractivity (Wildman–Crippen MR) is 98.9 cm³/mol. The number of amides is 2. The van der Waals surface area contributed by atoms with Crippen molar-refractivity contribution in [3.63, 3.8) is 0 Å². The van der Waals surface area contributed by atoms with E-state index in [0.717, 1.165) is 11.3 Å². The molecule has 1 heterocycles. The molecule has 2 rings (SSSR count). The third-order valence-electron chi connectivity index (χ3n) is 3.58. The Morgan fingerprint density at radius 3 is 2.59 bits per heavy atom. The van der Waals surface area contributed by atoms with Crippen molar-refractivity contribution in [1.29, 1.82) is 0 Å². The first-order valence-electron chi connectivity index (χ1n) is 8.29. The Kier molecular flexibility index (Phi) is 7.00. The Hall–Kier alpha value is -2.81. The number of hydrogen-bond donors (Lipinski definition) is 3. The molecular weight excluding hydrogens is 373 g/mol. The molecule has 0 aliphatic rings. The van der Waals surface area contributed by atoms with E-state index in [0.29, 0.717) is 5.01 Å². The summed E-state index contributed by atoms with van der Waals surface area (Å²) in [6.07, 6.45) is 1.59. The summed E-state index contributed by atoms with van der Waals surface area (Å²) in [4.78, 5) is 39.5. The van der Waals surface area contributed by atoms with Crippen LogP contribution in [-0.4, -0.2) is 40.5 Å². The molecule has 0 spiro atoms. The molecule has 0 aliphatic carbocycles. The van der Waals surface area contributed by atoms with Crippen molar-refractivity contribution in [2.75, 3.05) is 6.54 Å². The summed E-state index contributed by atoms with van der Waals surface area (Å²) in [5.41, 5.74) is 0.289. The van der Waals surface area contributed by atoms with Gasteiger partial charge in [-0.05, 0) is 24.5 Å². The molecule has 3 N–H and O–H groups in total. The average molecular weight is 393 g/mol. The molecule has 2 aromatic rings. The second kappa shape index (κ2) is 9.22. The van der Waals surface area contributed by atoms with Crippen LogP contribution in [0.25, 0.3) is 10.6 Å². The highest BCUT2D eigenvalue weighted by Gasteiger charge is 2.21. The monoisotopic (exact) mass is 393 g/mol. The summed E-state index contributed by atoms with van der Waals surface area (Å²) in [5, 5.41) is 14.3. The van der Waals surface area contributed by atoms with Gasteiger partial charge >= 0.3 is 5.97 Å². The zero-order chi connectivity index (χ0) is 20.0. The molecular formula is C18H20FN3O4S. The number of carboxylic acid groups (broad SMARTS) is 1. The summed E-state index contributed by atoms with van der Waals surface area (Å²) in [7, 11) is 0. The maximum Gasteiger partial charge on any atom is 0.326 e. The zero-order valence-electron chi connectivity index (χ0n) is 14.9. The maximum absolute atomic E-state index is 13.8. The maximum atomic E-state index is 13.8. The summed E-state index contributed by atoms with van der Waals surface area (Å²) < 4.78 is 13.8. The van der Waals surface area contributed by atoms with Crippen LogP contribution < -0.4 is 10.6 Å². The van der Waals surface area contributed by atoms with Crippen molar-refractivity contribution in [2.45, 2.75) is 26.3 Å². The van der Waals surface area contributed by atoms with Crippen LogP contribution in [-0.2, 0) is 9.59 Å². The Labute approximate surface area is 159 Å². The van der Waals surface area contributed by atoms with Crippen molar-refractivity contribution >= 4 is 29.1 Å². The zero-order valence-corrected chi connectivity index (χ0v) is 15.7. The molecule has 0 fully saturated rings. The number of aromatic nitrogens is 1. The molecule has 1 aromatic heterocycles. The van der Waals surface area contributed by atoms with Gasteiger partial charge in [0.25, 0.3) is 5.91 Å². The van der Waals surface area contributed by atoms with Gasteiger partial charge in [-0.2, -0.15) is 0 Å². The van der Waals surface area contributed by atoms with Crippen molar-refractivity contribution in [3.8, 4) is 10.6 Å². The molecule has 2 amide bonds. The van der Waals surface area contributed by atoms with E-state index in [-0.39, 0.29) is 29.3 Å². The van der Waals surface area contributed by atoms with Crippen LogP contribution in [0.1, 0.15) is 29.9 Å². The standard InChI is InChI=1S/C18H20FN3O4S/c1-10(2)7-13(18(25)26)22-15(23)9-20-16(24)14-8-21-17(27-14)11-5-3-4-6-12(11)19/h3-6,8,10,13H,7,9H2,1-2H3,(H,20,24)(H,22,23)(H,25,26)/t13-/m0/s1.